The third-order valence-corrected chi connectivity index (χ3v) is 2.72. The number of nitrogens with two attached hydrogens (primary N) is 1. The van der Waals surface area contributed by atoms with Crippen molar-refractivity contribution in [2.24, 2.45) is 0 Å². The Balaban J connectivity index is 2.52. The van der Waals surface area contributed by atoms with Crippen LogP contribution in [0.25, 0.3) is 11.3 Å². The number of hydrogen-bond donors (Lipinski definition) is 2. The van der Waals surface area contributed by atoms with Crippen molar-refractivity contribution in [3.05, 3.63) is 42.1 Å². The summed E-state index contributed by atoms with van der Waals surface area (Å²) in [6, 6.07) is 10.8. The summed E-state index contributed by atoms with van der Waals surface area (Å²) < 4.78 is 1.77. The second kappa shape index (κ2) is 4.33. The average Bonchev–Trinajstić information content (AvgIpc) is 2.73. The second-order valence-corrected chi connectivity index (χ2v) is 3.78. The Morgan fingerprint density at radius 3 is 2.41 bits per heavy atom. The minimum Gasteiger partial charge on any atom is -0.477 e. The molecule has 0 amide bonds. The summed E-state index contributed by atoms with van der Waals surface area (Å²) in [5, 5.41) is 9.06. The van der Waals surface area contributed by atoms with Gasteiger partial charge in [0.1, 0.15) is 5.69 Å². The molecule has 88 valence electrons. The molecule has 3 N–H and O–H groups in total. The van der Waals surface area contributed by atoms with Gasteiger partial charge in [-0.2, -0.15) is 0 Å². The lowest BCUT2D eigenvalue weighted by Crippen LogP contribution is -2.08. The van der Waals surface area contributed by atoms with Crippen molar-refractivity contribution in [3.8, 4) is 11.3 Å². The zero-order valence-corrected chi connectivity index (χ0v) is 9.55. The number of carbonyl (C=O) groups is 1. The Morgan fingerprint density at radius 1 is 1.24 bits per heavy atom. The van der Waals surface area contributed by atoms with E-state index in [1.54, 1.807) is 10.6 Å². The van der Waals surface area contributed by atoms with E-state index in [-0.39, 0.29) is 0 Å². The maximum Gasteiger partial charge on any atom is 0.352 e. The molecule has 0 aliphatic heterocycles. The summed E-state index contributed by atoms with van der Waals surface area (Å²) in [6.07, 6.45) is 0. The van der Waals surface area contributed by atoms with E-state index < -0.39 is 5.97 Å². The fraction of sp³-hybridized carbons (Fsp3) is 0.154. The maximum absolute atomic E-state index is 11.0. The van der Waals surface area contributed by atoms with E-state index in [9.17, 15) is 4.79 Å². The van der Waals surface area contributed by atoms with Crippen LogP contribution in [0.5, 0.6) is 0 Å². The van der Waals surface area contributed by atoms with Gasteiger partial charge in [0.05, 0.1) is 0 Å². The number of carboxylic acids is 1. The third-order valence-electron chi connectivity index (χ3n) is 2.72. The molecule has 0 saturated heterocycles. The highest BCUT2D eigenvalue weighted by atomic mass is 16.4. The van der Waals surface area contributed by atoms with E-state index in [2.05, 4.69) is 0 Å². The van der Waals surface area contributed by atoms with Crippen LogP contribution in [-0.4, -0.2) is 15.6 Å². The summed E-state index contributed by atoms with van der Waals surface area (Å²) >= 11 is 0. The molecule has 17 heavy (non-hydrogen) atoms. The smallest absolute Gasteiger partial charge is 0.352 e. The van der Waals surface area contributed by atoms with Crippen LogP contribution in [0.15, 0.2) is 36.4 Å². The maximum atomic E-state index is 11.0. The summed E-state index contributed by atoms with van der Waals surface area (Å²) in [6.45, 7) is 2.54. The van der Waals surface area contributed by atoms with Gasteiger partial charge in [0.15, 0.2) is 0 Å². The van der Waals surface area contributed by atoms with Gasteiger partial charge in [0.25, 0.3) is 0 Å². The standard InChI is InChI=1S/C13H14N2O2/c1-2-15-11(7-8-12(15)13(16)17)9-3-5-10(14)6-4-9/h3-8H,2,14H2,1H3,(H,16,17). The molecule has 2 aromatic rings. The lowest BCUT2D eigenvalue weighted by molar-refractivity contribution is 0.0685. The van der Waals surface area contributed by atoms with Gasteiger partial charge in [-0.15, -0.1) is 0 Å². The van der Waals surface area contributed by atoms with Crippen molar-refractivity contribution in [3.63, 3.8) is 0 Å². The van der Waals surface area contributed by atoms with Gasteiger partial charge in [-0.1, -0.05) is 12.1 Å². The zero-order valence-electron chi connectivity index (χ0n) is 9.55. The number of rotatable bonds is 3. The molecule has 0 aliphatic rings. The predicted octanol–water partition coefficient (Wildman–Crippen LogP) is 2.46. The van der Waals surface area contributed by atoms with E-state index in [0.717, 1.165) is 11.3 Å². The molecule has 0 spiro atoms. The highest BCUT2D eigenvalue weighted by Gasteiger charge is 2.13. The van der Waals surface area contributed by atoms with Gasteiger partial charge in [-0.05, 0) is 36.8 Å². The highest BCUT2D eigenvalue weighted by molar-refractivity contribution is 5.87. The first-order valence-corrected chi connectivity index (χ1v) is 5.42. The van der Waals surface area contributed by atoms with Gasteiger partial charge in [-0.25, -0.2) is 4.79 Å². The highest BCUT2D eigenvalue weighted by Crippen LogP contribution is 2.23. The molecule has 1 heterocycles. The topological polar surface area (TPSA) is 68.2 Å². The second-order valence-electron chi connectivity index (χ2n) is 3.78. The van der Waals surface area contributed by atoms with Crippen molar-refractivity contribution in [1.29, 1.82) is 0 Å². The Morgan fingerprint density at radius 2 is 1.88 bits per heavy atom. The van der Waals surface area contributed by atoms with E-state index in [1.807, 2.05) is 37.3 Å². The van der Waals surface area contributed by atoms with Crippen LogP contribution in [0.3, 0.4) is 0 Å². The first kappa shape index (κ1) is 11.3. The van der Waals surface area contributed by atoms with Gasteiger partial charge >= 0.3 is 5.97 Å². The zero-order chi connectivity index (χ0) is 12.4. The summed E-state index contributed by atoms with van der Waals surface area (Å²) in [5.74, 6) is -0.909. The minimum atomic E-state index is -0.909. The average molecular weight is 230 g/mol. The van der Waals surface area contributed by atoms with Crippen LogP contribution in [-0.2, 0) is 6.54 Å². The van der Waals surface area contributed by atoms with Crippen molar-refractivity contribution < 1.29 is 9.90 Å². The SMILES string of the molecule is CCn1c(C(=O)O)ccc1-c1ccc(N)cc1. The molecule has 0 atom stereocenters. The molecule has 0 bridgehead atoms. The number of aromatic nitrogens is 1. The van der Waals surface area contributed by atoms with Crippen LogP contribution in [0.1, 0.15) is 17.4 Å². The molecule has 0 saturated carbocycles. The number of benzene rings is 1. The fourth-order valence-electron chi connectivity index (χ4n) is 1.90. The third kappa shape index (κ3) is 2.01. The Kier molecular flexibility index (Phi) is 2.87. The number of nitrogens with zero attached hydrogens (tertiary/aromatic N) is 1. The van der Waals surface area contributed by atoms with Crippen LogP contribution in [0, 0.1) is 0 Å². The minimum absolute atomic E-state index is 0.305. The summed E-state index contributed by atoms with van der Waals surface area (Å²) in [4.78, 5) is 11.0. The van der Waals surface area contributed by atoms with Gasteiger partial charge in [-0.3, -0.25) is 0 Å². The first-order chi connectivity index (χ1) is 8.13. The largest absolute Gasteiger partial charge is 0.477 e. The van der Waals surface area contributed by atoms with E-state index in [0.29, 0.717) is 17.9 Å². The van der Waals surface area contributed by atoms with E-state index in [1.165, 1.54) is 0 Å². The Labute approximate surface area is 99.3 Å². The number of aromatic carboxylic acids is 1. The lowest BCUT2D eigenvalue weighted by Gasteiger charge is -2.09. The molecular weight excluding hydrogens is 216 g/mol. The van der Waals surface area contributed by atoms with E-state index in [4.69, 9.17) is 10.8 Å². The molecule has 0 aliphatic carbocycles. The van der Waals surface area contributed by atoms with Gasteiger partial charge in [0.2, 0.25) is 0 Å². The molecular formula is C13H14N2O2. The summed E-state index contributed by atoms with van der Waals surface area (Å²) in [5.41, 5.74) is 8.49. The van der Waals surface area contributed by atoms with Crippen LogP contribution < -0.4 is 5.73 Å². The quantitative estimate of drug-likeness (QED) is 0.796. The molecule has 0 radical (unpaired) electrons. The molecule has 0 fully saturated rings. The number of carboxylic acid groups (broad SMARTS) is 1. The molecule has 1 aromatic carbocycles. The summed E-state index contributed by atoms with van der Waals surface area (Å²) in [7, 11) is 0. The van der Waals surface area contributed by atoms with Crippen molar-refractivity contribution in [2.45, 2.75) is 13.5 Å². The number of nitrogen functional groups attached to an aromatic ring is 1. The normalized spacial score (nSPS) is 10.4. The molecule has 2 rings (SSSR count). The van der Waals surface area contributed by atoms with Crippen LogP contribution >= 0.6 is 0 Å². The molecule has 1 aromatic heterocycles. The van der Waals surface area contributed by atoms with Gasteiger partial charge < -0.3 is 15.4 Å². The predicted molar refractivity (Wildman–Crippen MR) is 66.9 cm³/mol. The number of hydrogen-bond acceptors (Lipinski definition) is 2. The van der Waals surface area contributed by atoms with Crippen LogP contribution in [0.2, 0.25) is 0 Å². The lowest BCUT2D eigenvalue weighted by atomic mass is 10.1. The van der Waals surface area contributed by atoms with Crippen LogP contribution in [0.4, 0.5) is 5.69 Å². The molecule has 0 unspecified atom stereocenters. The molecule has 4 nitrogen and oxygen atoms in total. The Hall–Kier alpha value is -2.23. The van der Waals surface area contributed by atoms with Crippen molar-refractivity contribution >= 4 is 11.7 Å². The number of anilines is 1. The van der Waals surface area contributed by atoms with E-state index >= 15 is 0 Å². The fourth-order valence-corrected chi connectivity index (χ4v) is 1.90. The van der Waals surface area contributed by atoms with Gasteiger partial charge in [0, 0.05) is 17.9 Å². The monoisotopic (exact) mass is 230 g/mol. The molecule has 4 heteroatoms. The Bertz CT molecular complexity index is 541. The van der Waals surface area contributed by atoms with Crippen molar-refractivity contribution in [2.75, 3.05) is 5.73 Å². The van der Waals surface area contributed by atoms with Crippen molar-refractivity contribution in [1.82, 2.24) is 4.57 Å². The first-order valence-electron chi connectivity index (χ1n) is 5.42.